The molecule has 0 bridgehead atoms. The molecule has 1 aromatic heterocycles. The van der Waals surface area contributed by atoms with Crippen LogP contribution in [0.2, 0.25) is 0 Å². The van der Waals surface area contributed by atoms with E-state index in [0.29, 0.717) is 11.8 Å². The summed E-state index contributed by atoms with van der Waals surface area (Å²) in [6.45, 7) is 0.201. The van der Waals surface area contributed by atoms with Crippen LogP contribution >= 0.6 is 11.8 Å². The molecular formula is C20H30N4O12S. The van der Waals surface area contributed by atoms with E-state index in [2.05, 4.69) is 10.3 Å². The summed E-state index contributed by atoms with van der Waals surface area (Å²) in [6, 6.07) is -0.0495. The van der Waals surface area contributed by atoms with Crippen molar-refractivity contribution in [2.45, 2.75) is 73.3 Å². The fourth-order valence-electron chi connectivity index (χ4n) is 4.21. The SMILES string of the molecule is CC(=O)N[C@H]1[C@H]([C@H](O)[C@H](O)CO)O[C@@](SC[C@H]2O[C@@H](n3ccc(N)nc3=O)[C@H](O)[C@@H]2O)(C(=O)O)C[C@@H]1O. The number of aliphatic hydroxyl groups excluding tert-OH is 6. The van der Waals surface area contributed by atoms with Gasteiger partial charge in [-0.2, -0.15) is 4.98 Å². The third-order valence-electron chi connectivity index (χ3n) is 6.13. The van der Waals surface area contributed by atoms with Crippen molar-refractivity contribution in [3.05, 3.63) is 22.7 Å². The summed E-state index contributed by atoms with van der Waals surface area (Å²) in [5.74, 6) is -2.62. The number of carbonyl (C=O) groups is 2. The number of carboxylic acid groups (broad SMARTS) is 1. The smallest absolute Gasteiger partial charge is 0.351 e. The average Bonchev–Trinajstić information content (AvgIpc) is 3.11. The zero-order chi connectivity index (χ0) is 27.7. The van der Waals surface area contributed by atoms with E-state index in [1.54, 1.807) is 0 Å². The van der Waals surface area contributed by atoms with E-state index in [-0.39, 0.29) is 11.6 Å². The number of nitrogen functional groups attached to an aromatic ring is 1. The first kappa shape index (κ1) is 29.2. The van der Waals surface area contributed by atoms with Crippen molar-refractivity contribution in [2.75, 3.05) is 18.1 Å². The summed E-state index contributed by atoms with van der Waals surface area (Å²) in [4.78, 5) is 37.3. The van der Waals surface area contributed by atoms with Gasteiger partial charge in [0.05, 0.1) is 24.9 Å². The highest BCUT2D eigenvalue weighted by Gasteiger charge is 2.56. The van der Waals surface area contributed by atoms with Gasteiger partial charge in [0.1, 0.15) is 36.3 Å². The molecule has 1 amide bonds. The Hall–Kier alpha value is -2.35. The maximum absolute atomic E-state index is 12.3. The second-order valence-electron chi connectivity index (χ2n) is 8.78. The Morgan fingerprint density at radius 1 is 1.32 bits per heavy atom. The van der Waals surface area contributed by atoms with Gasteiger partial charge in [-0.25, -0.2) is 9.59 Å². The number of thioether (sulfide) groups is 1. The van der Waals surface area contributed by atoms with Crippen LogP contribution in [0.15, 0.2) is 17.1 Å². The molecule has 17 heteroatoms. The van der Waals surface area contributed by atoms with Crippen LogP contribution in [-0.4, -0.2) is 123 Å². The molecular weight excluding hydrogens is 520 g/mol. The van der Waals surface area contributed by atoms with Gasteiger partial charge in [-0.05, 0) is 6.07 Å². The van der Waals surface area contributed by atoms with Crippen molar-refractivity contribution in [1.82, 2.24) is 14.9 Å². The maximum atomic E-state index is 12.3. The van der Waals surface area contributed by atoms with E-state index in [1.807, 2.05) is 0 Å². The molecule has 1 aromatic rings. The topological polar surface area (TPSA) is 267 Å². The highest BCUT2D eigenvalue weighted by Crippen LogP contribution is 2.42. The number of nitrogens with zero attached hydrogens (tertiary/aromatic N) is 2. The fraction of sp³-hybridized carbons (Fsp3) is 0.700. The summed E-state index contributed by atoms with van der Waals surface area (Å²) in [5.41, 5.74) is 4.60. The summed E-state index contributed by atoms with van der Waals surface area (Å²) in [5, 5.41) is 73.6. The number of hydrogen-bond acceptors (Lipinski definition) is 14. The predicted octanol–water partition coefficient (Wildman–Crippen LogP) is -4.67. The van der Waals surface area contributed by atoms with Gasteiger partial charge in [-0.15, -0.1) is 11.8 Å². The first-order valence-corrected chi connectivity index (χ1v) is 12.1. The Morgan fingerprint density at radius 3 is 2.57 bits per heavy atom. The first-order valence-electron chi connectivity index (χ1n) is 11.1. The molecule has 2 saturated heterocycles. The van der Waals surface area contributed by atoms with Crippen molar-refractivity contribution < 1.29 is 54.8 Å². The minimum Gasteiger partial charge on any atom is -0.478 e. The quantitative estimate of drug-likeness (QED) is 0.140. The zero-order valence-corrected chi connectivity index (χ0v) is 20.3. The number of rotatable bonds is 9. The van der Waals surface area contributed by atoms with Crippen LogP contribution in [0.4, 0.5) is 5.82 Å². The van der Waals surface area contributed by atoms with E-state index in [1.165, 1.54) is 12.3 Å². The van der Waals surface area contributed by atoms with Crippen molar-refractivity contribution >= 4 is 29.5 Å². The molecule has 0 radical (unpaired) electrons. The molecule has 2 aliphatic heterocycles. The number of carboxylic acids is 1. The van der Waals surface area contributed by atoms with Gasteiger partial charge in [-0.3, -0.25) is 9.36 Å². The van der Waals surface area contributed by atoms with Crippen molar-refractivity contribution in [1.29, 1.82) is 0 Å². The number of carbonyl (C=O) groups excluding carboxylic acids is 1. The van der Waals surface area contributed by atoms with E-state index in [0.717, 1.165) is 11.5 Å². The van der Waals surface area contributed by atoms with Gasteiger partial charge in [0.2, 0.25) is 10.8 Å². The Kier molecular flexibility index (Phi) is 9.14. The molecule has 0 aliphatic carbocycles. The third-order valence-corrected chi connectivity index (χ3v) is 7.53. The van der Waals surface area contributed by atoms with Crippen molar-refractivity contribution in [3.8, 4) is 0 Å². The Bertz CT molecular complexity index is 1040. The van der Waals surface area contributed by atoms with Crippen molar-refractivity contribution in [2.24, 2.45) is 0 Å². The van der Waals surface area contributed by atoms with E-state index in [9.17, 15) is 50.1 Å². The van der Waals surface area contributed by atoms with Crippen LogP contribution in [0.5, 0.6) is 0 Å². The molecule has 0 spiro atoms. The highest BCUT2D eigenvalue weighted by atomic mass is 32.2. The van der Waals surface area contributed by atoms with Gasteiger partial charge in [0.25, 0.3) is 0 Å². The number of amides is 1. The molecule has 37 heavy (non-hydrogen) atoms. The van der Waals surface area contributed by atoms with E-state index in [4.69, 9.17) is 15.2 Å². The van der Waals surface area contributed by atoms with Gasteiger partial charge in [0.15, 0.2) is 6.23 Å². The largest absolute Gasteiger partial charge is 0.478 e. The Morgan fingerprint density at radius 2 is 2.00 bits per heavy atom. The molecule has 2 aliphatic rings. The monoisotopic (exact) mass is 550 g/mol. The van der Waals surface area contributed by atoms with Crippen LogP contribution in [0.25, 0.3) is 0 Å². The maximum Gasteiger partial charge on any atom is 0.351 e. The Labute approximate surface area is 213 Å². The number of aliphatic carboxylic acids is 1. The first-order chi connectivity index (χ1) is 17.3. The van der Waals surface area contributed by atoms with E-state index >= 15 is 0 Å². The summed E-state index contributed by atoms with van der Waals surface area (Å²) in [7, 11) is 0. The van der Waals surface area contributed by atoms with Gasteiger partial charge in [0, 0.05) is 25.3 Å². The lowest BCUT2D eigenvalue weighted by molar-refractivity contribution is -0.205. The third kappa shape index (κ3) is 6.05. The van der Waals surface area contributed by atoms with E-state index < -0.39 is 90.5 Å². The van der Waals surface area contributed by atoms with Crippen LogP contribution in [0.1, 0.15) is 19.6 Å². The molecule has 0 aromatic carbocycles. The minimum atomic E-state index is -2.26. The molecule has 10 N–H and O–H groups in total. The molecule has 3 rings (SSSR count). The summed E-state index contributed by atoms with van der Waals surface area (Å²) < 4.78 is 12.2. The second kappa shape index (κ2) is 11.6. The molecule has 0 saturated carbocycles. The standard InChI is InChI=1S/C20H30N4O12S/c1-7(26)22-12-8(27)4-20(18(32)33,36-16(12)13(29)9(28)5-25)37-6-10-14(30)15(31)17(35-10)24-3-2-11(21)23-19(24)34/h2-3,8-10,12-17,25,27-31H,4-6H2,1H3,(H,22,26)(H,32,33)(H2,21,23,34)/t8-,9+,10+,12+,13+,14+,15+,16+,17+,20-/m0/s1. The lowest BCUT2D eigenvalue weighted by atomic mass is 9.90. The van der Waals surface area contributed by atoms with Crippen LogP contribution in [0, 0.1) is 0 Å². The average molecular weight is 551 g/mol. The normalized spacial score (nSPS) is 35.6. The molecule has 3 heterocycles. The lowest BCUT2D eigenvalue weighted by Crippen LogP contribution is -2.66. The lowest BCUT2D eigenvalue weighted by Gasteiger charge is -2.46. The number of aromatic nitrogens is 2. The number of anilines is 1. The highest BCUT2D eigenvalue weighted by molar-refractivity contribution is 8.01. The van der Waals surface area contributed by atoms with Crippen LogP contribution < -0.4 is 16.7 Å². The Balaban J connectivity index is 1.82. The fourth-order valence-corrected chi connectivity index (χ4v) is 5.51. The number of hydrogen-bond donors (Lipinski definition) is 9. The molecule has 10 atom stereocenters. The predicted molar refractivity (Wildman–Crippen MR) is 124 cm³/mol. The number of ether oxygens (including phenoxy) is 2. The molecule has 208 valence electrons. The van der Waals surface area contributed by atoms with Crippen LogP contribution in [0.3, 0.4) is 0 Å². The summed E-state index contributed by atoms with van der Waals surface area (Å²) >= 11 is 0.556. The van der Waals surface area contributed by atoms with Gasteiger partial charge < -0.3 is 56.3 Å². The van der Waals surface area contributed by atoms with Gasteiger partial charge in [-0.1, -0.05) is 0 Å². The minimum absolute atomic E-state index is 0.0709. The number of nitrogens with two attached hydrogens (primary N) is 1. The molecule has 16 nitrogen and oxygen atoms in total. The van der Waals surface area contributed by atoms with Gasteiger partial charge >= 0.3 is 11.7 Å². The van der Waals surface area contributed by atoms with Crippen molar-refractivity contribution in [3.63, 3.8) is 0 Å². The van der Waals surface area contributed by atoms with Crippen LogP contribution in [-0.2, 0) is 19.1 Å². The number of nitrogens with one attached hydrogen (secondary N) is 1. The zero-order valence-electron chi connectivity index (χ0n) is 19.5. The molecule has 0 unspecified atom stereocenters. The number of aliphatic hydroxyl groups is 6. The molecule has 2 fully saturated rings. The second-order valence-corrected chi connectivity index (χ2v) is 10.1. The summed E-state index contributed by atoms with van der Waals surface area (Å²) in [6.07, 6.45) is -12.0.